The zero-order valence-corrected chi connectivity index (χ0v) is 8.41. The molecule has 3 aliphatic rings. The molecule has 3 rings (SSSR count). The molecule has 0 heterocycles. The van der Waals surface area contributed by atoms with Gasteiger partial charge in [-0.3, -0.25) is 0 Å². The molecular formula is C10H17NO2. The lowest BCUT2D eigenvalue weighted by atomic mass is 9.44. The first-order chi connectivity index (χ1) is 5.90. The van der Waals surface area contributed by atoms with Crippen molar-refractivity contribution in [2.45, 2.75) is 39.2 Å². The summed E-state index contributed by atoms with van der Waals surface area (Å²) in [6, 6.07) is 0. The van der Waals surface area contributed by atoms with E-state index >= 15 is 0 Å². The van der Waals surface area contributed by atoms with E-state index in [2.05, 4.69) is 19.0 Å². The van der Waals surface area contributed by atoms with E-state index in [1.165, 1.54) is 0 Å². The molecule has 3 nitrogen and oxygen atoms in total. The van der Waals surface area contributed by atoms with Crippen LogP contribution in [0.1, 0.15) is 33.6 Å². The van der Waals surface area contributed by atoms with Gasteiger partial charge in [0.25, 0.3) is 0 Å². The molecule has 0 aromatic carbocycles. The topological polar surface area (TPSA) is 52.8 Å². The molecule has 0 radical (unpaired) electrons. The van der Waals surface area contributed by atoms with Gasteiger partial charge in [-0.05, 0) is 37.0 Å². The number of rotatable bonds is 0. The molecular weight excluding hydrogens is 166 g/mol. The summed E-state index contributed by atoms with van der Waals surface area (Å²) in [6.07, 6.45) is 1.81. The molecule has 0 saturated heterocycles. The lowest BCUT2D eigenvalue weighted by Crippen LogP contribution is -2.64. The monoisotopic (exact) mass is 183 g/mol. The minimum atomic E-state index is -0.896. The predicted octanol–water partition coefficient (Wildman–Crippen LogP) is 1.63. The van der Waals surface area contributed by atoms with Crippen molar-refractivity contribution in [3.05, 3.63) is 0 Å². The summed E-state index contributed by atoms with van der Waals surface area (Å²) >= 11 is 0. The molecule has 0 unspecified atom stereocenters. The number of hydrogen-bond acceptors (Lipinski definition) is 3. The van der Waals surface area contributed by atoms with E-state index in [1.54, 1.807) is 6.92 Å². The maximum atomic E-state index is 10.2. The van der Waals surface area contributed by atoms with Crippen LogP contribution < -0.4 is 0 Å². The fraction of sp³-hybridized carbons (Fsp3) is 0.900. The molecule has 3 atom stereocenters. The molecule has 0 aliphatic heterocycles. The summed E-state index contributed by atoms with van der Waals surface area (Å²) in [6.45, 7) is 6.15. The van der Waals surface area contributed by atoms with Crippen LogP contribution in [0.4, 0.5) is 0 Å². The Labute approximate surface area is 78.4 Å². The molecule has 0 amide bonds. The average molecular weight is 183 g/mol. The molecule has 3 fully saturated rings. The van der Waals surface area contributed by atoms with E-state index in [0.717, 1.165) is 12.8 Å². The van der Waals surface area contributed by atoms with E-state index in [-0.39, 0.29) is 11.3 Å². The predicted molar refractivity (Wildman–Crippen MR) is 49.8 cm³/mol. The van der Waals surface area contributed by atoms with Crippen molar-refractivity contribution >= 4 is 5.71 Å². The molecule has 3 heteroatoms. The first-order valence-electron chi connectivity index (χ1n) is 4.84. The third-order valence-electron chi connectivity index (χ3n) is 4.29. The summed E-state index contributed by atoms with van der Waals surface area (Å²) in [7, 11) is 0. The van der Waals surface area contributed by atoms with E-state index < -0.39 is 5.60 Å². The standard InChI is InChI=1S/C10H17NO2/c1-9(2)6-4-7(9)10(3,12)8(5-6)11-13/h6-7,12-13H,4-5H2,1-3H3/b11-8+/t6-,7-,10-/m1/s1. The Morgan fingerprint density at radius 3 is 2.38 bits per heavy atom. The van der Waals surface area contributed by atoms with Gasteiger partial charge in [0.1, 0.15) is 5.60 Å². The van der Waals surface area contributed by atoms with Crippen molar-refractivity contribution in [1.29, 1.82) is 0 Å². The molecule has 2 N–H and O–H groups in total. The van der Waals surface area contributed by atoms with E-state index in [0.29, 0.717) is 11.6 Å². The third-order valence-corrected chi connectivity index (χ3v) is 4.29. The second-order valence-electron chi connectivity index (χ2n) is 5.20. The van der Waals surface area contributed by atoms with Crippen molar-refractivity contribution < 1.29 is 10.3 Å². The van der Waals surface area contributed by atoms with Crippen LogP contribution in [0.2, 0.25) is 0 Å². The molecule has 0 aromatic rings. The van der Waals surface area contributed by atoms with Gasteiger partial charge in [0.2, 0.25) is 0 Å². The smallest absolute Gasteiger partial charge is 0.106 e. The zero-order chi connectivity index (χ0) is 9.85. The molecule has 2 bridgehead atoms. The Morgan fingerprint density at radius 1 is 1.38 bits per heavy atom. The van der Waals surface area contributed by atoms with Gasteiger partial charge in [0.05, 0.1) is 5.71 Å². The van der Waals surface area contributed by atoms with Gasteiger partial charge in [-0.15, -0.1) is 0 Å². The van der Waals surface area contributed by atoms with Crippen LogP contribution in [0.5, 0.6) is 0 Å². The fourth-order valence-corrected chi connectivity index (χ4v) is 3.10. The highest BCUT2D eigenvalue weighted by Gasteiger charge is 2.61. The van der Waals surface area contributed by atoms with Crippen LogP contribution in [0.25, 0.3) is 0 Å². The summed E-state index contributed by atoms with van der Waals surface area (Å²) in [5.41, 5.74) is -0.127. The molecule has 74 valence electrons. The molecule has 3 aliphatic carbocycles. The lowest BCUT2D eigenvalue weighted by Gasteiger charge is -2.62. The van der Waals surface area contributed by atoms with Crippen LogP contribution in [0.15, 0.2) is 5.16 Å². The third kappa shape index (κ3) is 0.909. The van der Waals surface area contributed by atoms with Gasteiger partial charge in [-0.1, -0.05) is 19.0 Å². The Kier molecular flexibility index (Phi) is 1.57. The Bertz CT molecular complexity index is 268. The largest absolute Gasteiger partial charge is 0.411 e. The Morgan fingerprint density at radius 2 is 2.00 bits per heavy atom. The van der Waals surface area contributed by atoms with Crippen LogP contribution >= 0.6 is 0 Å². The fourth-order valence-electron chi connectivity index (χ4n) is 3.10. The molecule has 0 spiro atoms. The average Bonchev–Trinajstić information content (AvgIpc) is 2.01. The number of fused-ring (bicyclic) bond motifs is 2. The minimum Gasteiger partial charge on any atom is -0.411 e. The maximum absolute atomic E-state index is 10.2. The van der Waals surface area contributed by atoms with Gasteiger partial charge in [-0.2, -0.15) is 0 Å². The second kappa shape index (κ2) is 2.27. The highest BCUT2D eigenvalue weighted by atomic mass is 16.4. The Balaban J connectivity index is 2.34. The van der Waals surface area contributed by atoms with Crippen LogP contribution in [-0.2, 0) is 0 Å². The lowest BCUT2D eigenvalue weighted by molar-refractivity contribution is -0.135. The second-order valence-corrected chi connectivity index (χ2v) is 5.20. The minimum absolute atomic E-state index is 0.206. The highest BCUT2D eigenvalue weighted by Crippen LogP contribution is 2.61. The summed E-state index contributed by atoms with van der Waals surface area (Å²) in [4.78, 5) is 0. The van der Waals surface area contributed by atoms with Gasteiger partial charge >= 0.3 is 0 Å². The van der Waals surface area contributed by atoms with E-state index in [1.807, 2.05) is 0 Å². The van der Waals surface area contributed by atoms with Crippen LogP contribution in [0.3, 0.4) is 0 Å². The van der Waals surface area contributed by atoms with E-state index in [9.17, 15) is 5.11 Å². The van der Waals surface area contributed by atoms with Gasteiger partial charge in [0, 0.05) is 0 Å². The molecule has 3 saturated carbocycles. The quantitative estimate of drug-likeness (QED) is 0.443. The van der Waals surface area contributed by atoms with Crippen molar-refractivity contribution in [2.75, 3.05) is 0 Å². The zero-order valence-electron chi connectivity index (χ0n) is 8.41. The molecule has 0 aromatic heterocycles. The first-order valence-corrected chi connectivity index (χ1v) is 4.84. The molecule has 13 heavy (non-hydrogen) atoms. The summed E-state index contributed by atoms with van der Waals surface area (Å²) in [5, 5.41) is 22.2. The Hall–Kier alpha value is -0.570. The normalized spacial score (nSPS) is 50.3. The van der Waals surface area contributed by atoms with Crippen LogP contribution in [-0.4, -0.2) is 21.6 Å². The summed E-state index contributed by atoms with van der Waals surface area (Å²) < 4.78 is 0. The highest BCUT2D eigenvalue weighted by molar-refractivity contribution is 5.94. The van der Waals surface area contributed by atoms with Crippen molar-refractivity contribution in [3.63, 3.8) is 0 Å². The van der Waals surface area contributed by atoms with Crippen molar-refractivity contribution in [1.82, 2.24) is 0 Å². The number of oxime groups is 1. The maximum Gasteiger partial charge on any atom is 0.106 e. The van der Waals surface area contributed by atoms with Crippen LogP contribution in [0, 0.1) is 17.3 Å². The summed E-state index contributed by atoms with van der Waals surface area (Å²) in [5.74, 6) is 0.841. The van der Waals surface area contributed by atoms with Gasteiger partial charge < -0.3 is 10.3 Å². The van der Waals surface area contributed by atoms with Crippen molar-refractivity contribution in [3.8, 4) is 0 Å². The number of nitrogens with zero attached hydrogens (tertiary/aromatic N) is 1. The number of aliphatic hydroxyl groups is 1. The van der Waals surface area contributed by atoms with Gasteiger partial charge in [-0.25, -0.2) is 0 Å². The SMILES string of the molecule is CC1(C)[C@H]2C/C(=N\O)[C@](C)(O)[C@@H]1C2. The van der Waals surface area contributed by atoms with Gasteiger partial charge in [0.15, 0.2) is 0 Å². The van der Waals surface area contributed by atoms with E-state index in [4.69, 9.17) is 5.21 Å². The van der Waals surface area contributed by atoms with Crippen molar-refractivity contribution in [2.24, 2.45) is 22.4 Å². The first kappa shape index (κ1) is 9.00. The number of hydrogen-bond donors (Lipinski definition) is 2.